The molecule has 0 fully saturated rings. The lowest BCUT2D eigenvalue weighted by Crippen LogP contribution is -2.21. The van der Waals surface area contributed by atoms with Gasteiger partial charge in [0.05, 0.1) is 28.2 Å². The number of carbonyl (C=O) groups excluding carboxylic acids is 1. The lowest BCUT2D eigenvalue weighted by atomic mass is 10.1. The maximum Gasteiger partial charge on any atom is 0.280 e. The van der Waals surface area contributed by atoms with Crippen molar-refractivity contribution in [1.29, 1.82) is 0 Å². The van der Waals surface area contributed by atoms with Gasteiger partial charge in [0.2, 0.25) is 0 Å². The fourth-order valence-corrected chi connectivity index (χ4v) is 2.09. The molecule has 0 saturated carbocycles. The number of hydrazone groups is 1. The van der Waals surface area contributed by atoms with Crippen molar-refractivity contribution in [1.82, 2.24) is 0 Å². The van der Waals surface area contributed by atoms with Crippen LogP contribution in [0.4, 0.5) is 11.4 Å². The molecular formula is C15H11N3O4. The predicted molar refractivity (Wildman–Crippen MR) is 80.4 cm³/mol. The number of hydrogen-bond donors (Lipinski definition) is 0. The Balaban J connectivity index is 1.91. The van der Waals surface area contributed by atoms with Crippen LogP contribution in [0.1, 0.15) is 12.7 Å². The fourth-order valence-electron chi connectivity index (χ4n) is 2.09. The first-order valence-electron chi connectivity index (χ1n) is 6.46. The van der Waals surface area contributed by atoms with E-state index in [4.69, 9.17) is 4.42 Å². The monoisotopic (exact) mass is 297 g/mol. The van der Waals surface area contributed by atoms with Crippen LogP contribution in [0, 0.1) is 10.1 Å². The van der Waals surface area contributed by atoms with E-state index in [0.717, 1.165) is 0 Å². The molecule has 1 aromatic heterocycles. The third-order valence-corrected chi connectivity index (χ3v) is 3.20. The van der Waals surface area contributed by atoms with Crippen LogP contribution in [-0.2, 0) is 4.79 Å². The summed E-state index contributed by atoms with van der Waals surface area (Å²) in [6, 6.07) is 9.11. The van der Waals surface area contributed by atoms with Crippen LogP contribution in [0.3, 0.4) is 0 Å². The van der Waals surface area contributed by atoms with Crippen molar-refractivity contribution in [3.8, 4) is 0 Å². The molecule has 0 N–H and O–H groups in total. The van der Waals surface area contributed by atoms with E-state index in [-0.39, 0.29) is 11.6 Å². The normalized spacial score (nSPS) is 16.2. The van der Waals surface area contributed by atoms with Crippen molar-refractivity contribution in [2.75, 3.05) is 5.01 Å². The molecule has 0 bridgehead atoms. The lowest BCUT2D eigenvalue weighted by molar-refractivity contribution is -0.384. The number of hydrogen-bond acceptors (Lipinski definition) is 5. The maximum absolute atomic E-state index is 12.4. The van der Waals surface area contributed by atoms with Crippen LogP contribution >= 0.6 is 0 Å². The molecule has 22 heavy (non-hydrogen) atoms. The molecule has 2 heterocycles. The van der Waals surface area contributed by atoms with E-state index in [1.165, 1.54) is 35.5 Å². The van der Waals surface area contributed by atoms with Gasteiger partial charge in [-0.05, 0) is 37.3 Å². The van der Waals surface area contributed by atoms with Crippen molar-refractivity contribution in [2.45, 2.75) is 6.92 Å². The molecule has 0 saturated heterocycles. The van der Waals surface area contributed by atoms with E-state index in [9.17, 15) is 14.9 Å². The van der Waals surface area contributed by atoms with Gasteiger partial charge in [-0.2, -0.15) is 10.1 Å². The second-order valence-corrected chi connectivity index (χ2v) is 4.65. The summed E-state index contributed by atoms with van der Waals surface area (Å²) in [5.74, 6) is 0.256. The summed E-state index contributed by atoms with van der Waals surface area (Å²) >= 11 is 0. The molecule has 0 atom stereocenters. The highest BCUT2D eigenvalue weighted by atomic mass is 16.6. The Labute approximate surface area is 125 Å². The Hall–Kier alpha value is -3.22. The molecule has 0 radical (unpaired) electrons. The van der Waals surface area contributed by atoms with Gasteiger partial charge in [0, 0.05) is 12.1 Å². The van der Waals surface area contributed by atoms with Crippen LogP contribution in [-0.4, -0.2) is 16.5 Å². The smallest absolute Gasteiger partial charge is 0.280 e. The molecule has 3 rings (SSSR count). The van der Waals surface area contributed by atoms with Crippen LogP contribution in [0.5, 0.6) is 0 Å². The van der Waals surface area contributed by atoms with Gasteiger partial charge in [0.25, 0.3) is 11.6 Å². The molecule has 1 aliphatic rings. The van der Waals surface area contributed by atoms with Gasteiger partial charge in [0.1, 0.15) is 5.76 Å². The first-order chi connectivity index (χ1) is 10.6. The summed E-state index contributed by atoms with van der Waals surface area (Å²) in [6.45, 7) is 1.72. The fraction of sp³-hybridized carbons (Fsp3) is 0.0667. The average Bonchev–Trinajstić information content (AvgIpc) is 3.11. The number of nitro benzene ring substituents is 1. The van der Waals surface area contributed by atoms with Crippen molar-refractivity contribution >= 4 is 29.1 Å². The van der Waals surface area contributed by atoms with Gasteiger partial charge in [-0.25, -0.2) is 0 Å². The van der Waals surface area contributed by atoms with E-state index in [2.05, 4.69) is 5.10 Å². The number of nitro groups is 1. The Morgan fingerprint density at radius 1 is 1.27 bits per heavy atom. The molecule has 7 heteroatoms. The highest BCUT2D eigenvalue weighted by molar-refractivity contribution is 6.32. The standard InChI is InChI=1S/C15H11N3O4/c1-10-14(9-13-3-2-8-22-13)15(19)17(16-10)11-4-6-12(7-5-11)18(20)21/h2-9H,1H3/b14-9+. The molecule has 0 spiro atoms. The maximum atomic E-state index is 12.4. The van der Waals surface area contributed by atoms with Gasteiger partial charge in [-0.15, -0.1) is 0 Å². The molecule has 1 amide bonds. The number of anilines is 1. The number of non-ortho nitro benzene ring substituents is 1. The Morgan fingerprint density at radius 3 is 2.59 bits per heavy atom. The SMILES string of the molecule is CC1=NN(c2ccc([N+](=O)[O-])cc2)C(=O)/C1=C/c1ccco1. The molecule has 110 valence electrons. The summed E-state index contributed by atoms with van der Waals surface area (Å²) < 4.78 is 5.20. The highest BCUT2D eigenvalue weighted by Crippen LogP contribution is 2.26. The second kappa shape index (κ2) is 5.28. The van der Waals surface area contributed by atoms with E-state index in [0.29, 0.717) is 22.7 Å². The third kappa shape index (κ3) is 2.39. The van der Waals surface area contributed by atoms with E-state index < -0.39 is 4.92 Å². The lowest BCUT2D eigenvalue weighted by Gasteiger charge is -2.11. The minimum Gasteiger partial charge on any atom is -0.465 e. The zero-order chi connectivity index (χ0) is 15.7. The predicted octanol–water partition coefficient (Wildman–Crippen LogP) is 2.99. The first-order valence-corrected chi connectivity index (χ1v) is 6.46. The van der Waals surface area contributed by atoms with Crippen molar-refractivity contribution in [3.05, 3.63) is 64.1 Å². The summed E-state index contributed by atoms with van der Waals surface area (Å²) in [6.07, 6.45) is 3.14. The van der Waals surface area contributed by atoms with Gasteiger partial charge < -0.3 is 4.42 Å². The minimum atomic E-state index is -0.494. The van der Waals surface area contributed by atoms with Gasteiger partial charge >= 0.3 is 0 Å². The van der Waals surface area contributed by atoms with Crippen LogP contribution in [0.2, 0.25) is 0 Å². The number of furan rings is 1. The molecule has 0 unspecified atom stereocenters. The summed E-state index contributed by atoms with van der Waals surface area (Å²) in [4.78, 5) is 22.6. The number of nitrogens with zero attached hydrogens (tertiary/aromatic N) is 3. The number of carbonyl (C=O) groups is 1. The average molecular weight is 297 g/mol. The van der Waals surface area contributed by atoms with Crippen molar-refractivity contribution in [3.63, 3.8) is 0 Å². The summed E-state index contributed by atoms with van der Waals surface area (Å²) in [5, 5.41) is 16.1. The van der Waals surface area contributed by atoms with E-state index >= 15 is 0 Å². The Kier molecular flexibility index (Phi) is 3.30. The molecular weight excluding hydrogens is 286 g/mol. The summed E-state index contributed by atoms with van der Waals surface area (Å²) in [5.41, 5.74) is 1.41. The molecule has 0 aliphatic carbocycles. The largest absolute Gasteiger partial charge is 0.465 e. The molecule has 1 aliphatic heterocycles. The first kappa shape index (κ1) is 13.7. The zero-order valence-corrected chi connectivity index (χ0v) is 11.6. The summed E-state index contributed by atoms with van der Waals surface area (Å²) in [7, 11) is 0. The third-order valence-electron chi connectivity index (χ3n) is 3.20. The molecule has 2 aromatic rings. The second-order valence-electron chi connectivity index (χ2n) is 4.65. The zero-order valence-electron chi connectivity index (χ0n) is 11.6. The van der Waals surface area contributed by atoms with Crippen LogP contribution in [0.25, 0.3) is 6.08 Å². The van der Waals surface area contributed by atoms with Gasteiger partial charge in [0.15, 0.2) is 0 Å². The minimum absolute atomic E-state index is 0.0394. The van der Waals surface area contributed by atoms with Gasteiger partial charge in [-0.1, -0.05) is 0 Å². The van der Waals surface area contributed by atoms with E-state index in [1.807, 2.05) is 0 Å². The topological polar surface area (TPSA) is 89.0 Å². The van der Waals surface area contributed by atoms with Gasteiger partial charge in [-0.3, -0.25) is 14.9 Å². The van der Waals surface area contributed by atoms with E-state index in [1.54, 1.807) is 25.1 Å². The molecule has 7 nitrogen and oxygen atoms in total. The van der Waals surface area contributed by atoms with Crippen molar-refractivity contribution in [2.24, 2.45) is 5.10 Å². The highest BCUT2D eigenvalue weighted by Gasteiger charge is 2.29. The molecule has 1 aromatic carbocycles. The van der Waals surface area contributed by atoms with Crippen molar-refractivity contribution < 1.29 is 14.1 Å². The number of amides is 1. The van der Waals surface area contributed by atoms with Crippen LogP contribution < -0.4 is 5.01 Å². The Bertz CT molecular complexity index is 789. The number of benzene rings is 1. The quantitative estimate of drug-likeness (QED) is 0.495. The van der Waals surface area contributed by atoms with Crippen LogP contribution in [0.15, 0.2) is 57.8 Å². The number of rotatable bonds is 3. The Morgan fingerprint density at radius 2 is 2.00 bits per heavy atom.